The quantitative estimate of drug-likeness (QED) is 0.764. The lowest BCUT2D eigenvalue weighted by Gasteiger charge is -2.45. The fourth-order valence-corrected chi connectivity index (χ4v) is 3.46. The number of nitrogens with zero attached hydrogens (tertiary/aromatic N) is 1. The van der Waals surface area contributed by atoms with Crippen LogP contribution in [0, 0.1) is 23.7 Å². The molecule has 3 nitrogen and oxygen atoms in total. The van der Waals surface area contributed by atoms with Crippen molar-refractivity contribution in [2.45, 2.75) is 32.2 Å². The molecule has 2 aliphatic carbocycles. The average Bonchev–Trinajstić information content (AvgIpc) is 2.79. The Morgan fingerprint density at radius 3 is 2.60 bits per heavy atom. The van der Waals surface area contributed by atoms with E-state index in [0.717, 1.165) is 31.0 Å². The number of carboxylic acid groups (broad SMARTS) is 1. The van der Waals surface area contributed by atoms with Gasteiger partial charge in [-0.25, -0.2) is 0 Å². The summed E-state index contributed by atoms with van der Waals surface area (Å²) in [7, 11) is 0. The molecule has 1 N–H and O–H groups in total. The lowest BCUT2D eigenvalue weighted by atomic mass is 9.85. The molecule has 0 bridgehead atoms. The van der Waals surface area contributed by atoms with Crippen LogP contribution in [0.25, 0.3) is 0 Å². The van der Waals surface area contributed by atoms with Gasteiger partial charge in [0.1, 0.15) is 0 Å². The second-order valence-corrected chi connectivity index (χ2v) is 5.65. The Morgan fingerprint density at radius 1 is 1.40 bits per heavy atom. The highest BCUT2D eigenvalue weighted by molar-refractivity contribution is 5.70. The fraction of sp³-hybridized carbons (Fsp3) is 0.917. The number of aliphatic carboxylic acids is 1. The van der Waals surface area contributed by atoms with Gasteiger partial charge in [-0.2, -0.15) is 0 Å². The number of likely N-dealkylation sites (tertiary alicyclic amines) is 1. The average molecular weight is 209 g/mol. The number of carboxylic acids is 1. The minimum atomic E-state index is -0.629. The zero-order chi connectivity index (χ0) is 10.6. The largest absolute Gasteiger partial charge is 0.481 e. The zero-order valence-electron chi connectivity index (χ0n) is 9.22. The topological polar surface area (TPSA) is 40.5 Å². The summed E-state index contributed by atoms with van der Waals surface area (Å²) in [5.41, 5.74) is 0. The molecule has 0 aromatic rings. The number of hydrogen-bond acceptors (Lipinski definition) is 2. The first-order valence-corrected chi connectivity index (χ1v) is 6.13. The summed E-state index contributed by atoms with van der Waals surface area (Å²) in [6.07, 6.45) is 4.23. The van der Waals surface area contributed by atoms with Gasteiger partial charge < -0.3 is 5.11 Å². The fourth-order valence-electron chi connectivity index (χ4n) is 3.46. The van der Waals surface area contributed by atoms with E-state index in [1.807, 2.05) is 6.92 Å². The molecule has 0 amide bonds. The monoisotopic (exact) mass is 209 g/mol. The van der Waals surface area contributed by atoms with Crippen molar-refractivity contribution in [1.82, 2.24) is 4.90 Å². The number of rotatable bonds is 3. The van der Waals surface area contributed by atoms with E-state index in [1.165, 1.54) is 19.3 Å². The smallest absolute Gasteiger partial charge is 0.306 e. The molecule has 3 heteroatoms. The first-order valence-electron chi connectivity index (χ1n) is 6.13. The van der Waals surface area contributed by atoms with Crippen LogP contribution in [-0.2, 0) is 4.79 Å². The summed E-state index contributed by atoms with van der Waals surface area (Å²) < 4.78 is 0. The van der Waals surface area contributed by atoms with Crippen LogP contribution in [0.3, 0.4) is 0 Å². The molecule has 84 valence electrons. The maximum Gasteiger partial charge on any atom is 0.306 e. The Bertz CT molecular complexity index is 285. The number of carbonyl (C=O) groups is 1. The summed E-state index contributed by atoms with van der Waals surface area (Å²) in [6.45, 7) is 3.90. The van der Waals surface area contributed by atoms with Crippen LogP contribution in [0.1, 0.15) is 26.2 Å². The Hall–Kier alpha value is -0.570. The summed E-state index contributed by atoms with van der Waals surface area (Å²) in [6, 6.07) is 0.812. The molecule has 0 radical (unpaired) electrons. The Morgan fingerprint density at radius 2 is 2.13 bits per heavy atom. The van der Waals surface area contributed by atoms with E-state index in [4.69, 9.17) is 5.11 Å². The van der Waals surface area contributed by atoms with Gasteiger partial charge in [-0.3, -0.25) is 9.69 Å². The third-order valence-corrected chi connectivity index (χ3v) is 4.81. The lowest BCUT2D eigenvalue weighted by molar-refractivity contribution is -0.146. The van der Waals surface area contributed by atoms with Gasteiger partial charge in [0.15, 0.2) is 0 Å². The number of hydrogen-bond donors (Lipinski definition) is 1. The van der Waals surface area contributed by atoms with Gasteiger partial charge in [0.25, 0.3) is 0 Å². The second-order valence-electron chi connectivity index (χ2n) is 5.65. The van der Waals surface area contributed by atoms with Crippen LogP contribution in [0.2, 0.25) is 0 Å². The maximum atomic E-state index is 10.8. The maximum absolute atomic E-state index is 10.8. The molecule has 1 heterocycles. The van der Waals surface area contributed by atoms with Gasteiger partial charge in [-0.1, -0.05) is 6.92 Å². The van der Waals surface area contributed by atoms with Gasteiger partial charge in [0.2, 0.25) is 0 Å². The van der Waals surface area contributed by atoms with E-state index in [0.29, 0.717) is 5.92 Å². The number of fused-ring (bicyclic) bond motifs is 1. The molecule has 1 aliphatic heterocycles. The highest BCUT2D eigenvalue weighted by Gasteiger charge is 2.52. The molecule has 0 spiro atoms. The standard InChI is InChI=1S/C12H19NO2/c1-7(12(14)15)9-5-13(6-9)11-3-2-8-4-10(8)11/h7-11H,2-6H2,1H3,(H,14,15). The molecule has 0 aromatic heterocycles. The molecule has 0 aromatic carbocycles. The van der Waals surface area contributed by atoms with Crippen LogP contribution in [0.15, 0.2) is 0 Å². The molecule has 15 heavy (non-hydrogen) atoms. The molecule has 2 saturated carbocycles. The van der Waals surface area contributed by atoms with E-state index in [1.54, 1.807) is 0 Å². The molecule has 4 unspecified atom stereocenters. The van der Waals surface area contributed by atoms with Crippen molar-refractivity contribution >= 4 is 5.97 Å². The Labute approximate surface area is 90.5 Å². The summed E-state index contributed by atoms with van der Waals surface area (Å²) >= 11 is 0. The van der Waals surface area contributed by atoms with Crippen molar-refractivity contribution in [3.05, 3.63) is 0 Å². The van der Waals surface area contributed by atoms with Gasteiger partial charge in [-0.05, 0) is 37.0 Å². The summed E-state index contributed by atoms with van der Waals surface area (Å²) in [5.74, 6) is 1.63. The van der Waals surface area contributed by atoms with Gasteiger partial charge in [-0.15, -0.1) is 0 Å². The predicted molar refractivity (Wildman–Crippen MR) is 56.5 cm³/mol. The third kappa shape index (κ3) is 1.48. The normalized spacial score (nSPS) is 42.1. The van der Waals surface area contributed by atoms with Gasteiger partial charge in [0, 0.05) is 19.1 Å². The molecule has 1 saturated heterocycles. The second kappa shape index (κ2) is 3.21. The highest BCUT2D eigenvalue weighted by Crippen LogP contribution is 2.54. The van der Waals surface area contributed by atoms with E-state index >= 15 is 0 Å². The zero-order valence-corrected chi connectivity index (χ0v) is 9.22. The molecule has 3 fully saturated rings. The first-order chi connectivity index (χ1) is 7.16. The van der Waals surface area contributed by atoms with Crippen molar-refractivity contribution in [2.75, 3.05) is 13.1 Å². The predicted octanol–water partition coefficient (Wildman–Crippen LogP) is 1.44. The first kappa shape index (κ1) is 9.64. The molecular formula is C12H19NO2. The Kier molecular flexibility index (Phi) is 2.06. The molecule has 3 rings (SSSR count). The van der Waals surface area contributed by atoms with Crippen molar-refractivity contribution in [1.29, 1.82) is 0 Å². The van der Waals surface area contributed by atoms with Crippen molar-refractivity contribution in [3.8, 4) is 0 Å². The Balaban J connectivity index is 1.51. The van der Waals surface area contributed by atoms with Gasteiger partial charge >= 0.3 is 5.97 Å². The molecular weight excluding hydrogens is 190 g/mol. The molecule has 3 aliphatic rings. The van der Waals surface area contributed by atoms with Crippen molar-refractivity contribution in [2.24, 2.45) is 23.7 Å². The van der Waals surface area contributed by atoms with Crippen LogP contribution in [0.5, 0.6) is 0 Å². The lowest BCUT2D eigenvalue weighted by Crippen LogP contribution is -2.55. The van der Waals surface area contributed by atoms with E-state index in [2.05, 4.69) is 4.90 Å². The van der Waals surface area contributed by atoms with Crippen LogP contribution >= 0.6 is 0 Å². The van der Waals surface area contributed by atoms with E-state index in [9.17, 15) is 4.79 Å². The highest BCUT2D eigenvalue weighted by atomic mass is 16.4. The van der Waals surface area contributed by atoms with Crippen LogP contribution in [-0.4, -0.2) is 35.1 Å². The van der Waals surface area contributed by atoms with Crippen molar-refractivity contribution < 1.29 is 9.90 Å². The molecule has 4 atom stereocenters. The summed E-state index contributed by atoms with van der Waals surface area (Å²) in [4.78, 5) is 13.3. The SMILES string of the molecule is CC(C(=O)O)C1CN(C2CCC3CC32)C1. The van der Waals surface area contributed by atoms with Crippen LogP contribution < -0.4 is 0 Å². The minimum absolute atomic E-state index is 0.155. The minimum Gasteiger partial charge on any atom is -0.481 e. The van der Waals surface area contributed by atoms with Gasteiger partial charge in [0.05, 0.1) is 5.92 Å². The summed E-state index contributed by atoms with van der Waals surface area (Å²) in [5, 5.41) is 8.91. The van der Waals surface area contributed by atoms with Crippen molar-refractivity contribution in [3.63, 3.8) is 0 Å². The van der Waals surface area contributed by atoms with E-state index < -0.39 is 5.97 Å². The van der Waals surface area contributed by atoms with Crippen LogP contribution in [0.4, 0.5) is 0 Å². The third-order valence-electron chi connectivity index (χ3n) is 4.81. The van der Waals surface area contributed by atoms with E-state index in [-0.39, 0.29) is 5.92 Å².